The molecule has 0 aliphatic carbocycles. The Bertz CT molecular complexity index is 796. The highest BCUT2D eigenvalue weighted by atomic mass is 31.3. The van der Waals surface area contributed by atoms with Crippen molar-refractivity contribution in [3.63, 3.8) is 0 Å². The maximum absolute atomic E-state index is 12.1. The molecule has 0 bridgehead atoms. The Kier molecular flexibility index (Phi) is 39.2. The summed E-state index contributed by atoms with van der Waals surface area (Å²) in [6.07, 6.45) is 50.6. The van der Waals surface area contributed by atoms with Crippen LogP contribution in [0.2, 0.25) is 0 Å². The lowest BCUT2D eigenvalue weighted by Crippen LogP contribution is -2.00. The van der Waals surface area contributed by atoms with Gasteiger partial charge in [0.1, 0.15) is 0 Å². The van der Waals surface area contributed by atoms with E-state index in [0.29, 0.717) is 12.8 Å². The summed E-state index contributed by atoms with van der Waals surface area (Å²) >= 11 is 0. The molecule has 0 fully saturated rings. The first kappa shape index (κ1) is 50.7. The van der Waals surface area contributed by atoms with Gasteiger partial charge in [0.25, 0.3) is 0 Å². The van der Waals surface area contributed by atoms with E-state index >= 15 is 0 Å². The molecule has 9 heteroatoms. The van der Waals surface area contributed by atoms with Gasteiger partial charge in [0.2, 0.25) is 0 Å². The average Bonchev–Trinajstić information content (AvgIpc) is 3.09. The number of allylic oxidation sites excluding steroid dienone is 4. The van der Waals surface area contributed by atoms with Crippen LogP contribution in [0.1, 0.15) is 232 Å². The first-order valence-corrected chi connectivity index (χ1v) is 24.8. The SMILES string of the molecule is CCCCCCCC/C=C\CCCCCCCCCCCOP(=O)(O)OP(=O)(O)OCCCCCCCCCCC/C=C\CCCCCCCC. The average molecular weight is 763 g/mol. The van der Waals surface area contributed by atoms with Gasteiger partial charge < -0.3 is 9.79 Å². The molecule has 0 radical (unpaired) electrons. The number of rotatable bonds is 42. The summed E-state index contributed by atoms with van der Waals surface area (Å²) in [5.41, 5.74) is 0. The molecule has 51 heavy (non-hydrogen) atoms. The number of unbranched alkanes of at least 4 members (excludes halogenated alkanes) is 30. The fourth-order valence-electron chi connectivity index (χ4n) is 6.30. The Morgan fingerprint density at radius 1 is 0.353 bits per heavy atom. The smallest absolute Gasteiger partial charge is 0.302 e. The van der Waals surface area contributed by atoms with Crippen molar-refractivity contribution in [3.8, 4) is 0 Å². The van der Waals surface area contributed by atoms with Crippen molar-refractivity contribution in [1.82, 2.24) is 0 Å². The molecule has 0 aromatic heterocycles. The van der Waals surface area contributed by atoms with E-state index in [0.717, 1.165) is 38.5 Å². The molecule has 0 spiro atoms. The first-order valence-electron chi connectivity index (χ1n) is 21.8. The number of hydrogen-bond donors (Lipinski definition) is 2. The predicted molar refractivity (Wildman–Crippen MR) is 219 cm³/mol. The molecule has 0 saturated heterocycles. The molecule has 0 heterocycles. The standard InChI is InChI=1S/C42H84O7P2/c1-3-5-7-9-11-13-15-17-19-21-23-25-27-29-31-33-35-37-39-41-47-50(43,44)49-51(45,46)48-42-40-38-36-34-32-30-28-26-24-22-20-18-16-14-12-10-8-6-4-2/h17-20H,3-16,21-42H2,1-2H3,(H,43,44)(H,45,46)/b19-17-,20-18-. The molecule has 0 aliphatic rings. The highest BCUT2D eigenvalue weighted by Gasteiger charge is 2.34. The van der Waals surface area contributed by atoms with Crippen molar-refractivity contribution >= 4 is 15.6 Å². The highest BCUT2D eigenvalue weighted by molar-refractivity contribution is 7.61. The van der Waals surface area contributed by atoms with Gasteiger partial charge in [0, 0.05) is 0 Å². The molecule has 2 unspecified atom stereocenters. The van der Waals surface area contributed by atoms with Gasteiger partial charge >= 0.3 is 15.6 Å². The van der Waals surface area contributed by atoms with E-state index in [1.54, 1.807) is 0 Å². The number of phosphoric ester groups is 2. The van der Waals surface area contributed by atoms with Crippen LogP contribution in [0.5, 0.6) is 0 Å². The second kappa shape index (κ2) is 39.4. The van der Waals surface area contributed by atoms with Crippen molar-refractivity contribution in [2.45, 2.75) is 232 Å². The van der Waals surface area contributed by atoms with E-state index in [2.05, 4.69) is 42.5 Å². The van der Waals surface area contributed by atoms with Gasteiger partial charge in [0.05, 0.1) is 13.2 Å². The normalized spacial score (nSPS) is 14.5. The molecule has 0 rings (SSSR count). The Morgan fingerprint density at radius 3 is 0.824 bits per heavy atom. The Hall–Kier alpha value is -0.260. The molecule has 0 saturated carbocycles. The Labute approximate surface area is 316 Å². The molecule has 0 aliphatic heterocycles. The third-order valence-electron chi connectivity index (χ3n) is 9.53. The van der Waals surface area contributed by atoms with Crippen LogP contribution in [0, 0.1) is 0 Å². The van der Waals surface area contributed by atoms with Crippen molar-refractivity contribution in [3.05, 3.63) is 24.3 Å². The molecular formula is C42H84O7P2. The van der Waals surface area contributed by atoms with Gasteiger partial charge in [-0.3, -0.25) is 9.05 Å². The van der Waals surface area contributed by atoms with Crippen LogP contribution in [0.15, 0.2) is 24.3 Å². The molecule has 0 aromatic rings. The van der Waals surface area contributed by atoms with E-state index < -0.39 is 15.6 Å². The summed E-state index contributed by atoms with van der Waals surface area (Å²) in [6, 6.07) is 0. The lowest BCUT2D eigenvalue weighted by molar-refractivity contribution is 0.151. The minimum absolute atomic E-state index is 0.0104. The molecular weight excluding hydrogens is 678 g/mol. The largest absolute Gasteiger partial charge is 0.481 e. The summed E-state index contributed by atoms with van der Waals surface area (Å²) in [6.45, 7) is 4.55. The van der Waals surface area contributed by atoms with Crippen LogP contribution < -0.4 is 0 Å². The van der Waals surface area contributed by atoms with Crippen LogP contribution >= 0.6 is 15.6 Å². The third-order valence-corrected chi connectivity index (χ3v) is 12.2. The molecule has 0 aromatic carbocycles. The van der Waals surface area contributed by atoms with Crippen LogP contribution in [0.4, 0.5) is 0 Å². The monoisotopic (exact) mass is 763 g/mol. The molecule has 304 valence electrons. The van der Waals surface area contributed by atoms with E-state index in [-0.39, 0.29) is 13.2 Å². The zero-order valence-electron chi connectivity index (χ0n) is 33.6. The zero-order valence-corrected chi connectivity index (χ0v) is 35.4. The highest BCUT2D eigenvalue weighted by Crippen LogP contribution is 2.60. The van der Waals surface area contributed by atoms with E-state index in [9.17, 15) is 18.9 Å². The summed E-state index contributed by atoms with van der Waals surface area (Å²) in [5, 5.41) is 0. The maximum atomic E-state index is 12.1. The fraction of sp³-hybridized carbons (Fsp3) is 0.905. The zero-order chi connectivity index (χ0) is 37.4. The summed E-state index contributed by atoms with van der Waals surface area (Å²) < 4.78 is 38.5. The molecule has 0 amide bonds. The molecule has 2 N–H and O–H groups in total. The minimum atomic E-state index is -4.65. The summed E-state index contributed by atoms with van der Waals surface area (Å²) in [5.74, 6) is 0. The van der Waals surface area contributed by atoms with Gasteiger partial charge in [-0.2, -0.15) is 4.31 Å². The Balaban J connectivity index is 3.52. The second-order valence-electron chi connectivity index (χ2n) is 14.7. The van der Waals surface area contributed by atoms with Gasteiger partial charge in [-0.05, 0) is 64.2 Å². The summed E-state index contributed by atoms with van der Waals surface area (Å²) in [4.78, 5) is 19.7. The van der Waals surface area contributed by atoms with Gasteiger partial charge in [0.15, 0.2) is 0 Å². The van der Waals surface area contributed by atoms with Crippen molar-refractivity contribution in [2.75, 3.05) is 13.2 Å². The summed E-state index contributed by atoms with van der Waals surface area (Å²) in [7, 11) is -9.30. The van der Waals surface area contributed by atoms with Crippen molar-refractivity contribution in [1.29, 1.82) is 0 Å². The second-order valence-corrected chi connectivity index (χ2v) is 17.7. The fourth-order valence-corrected chi connectivity index (χ4v) is 8.44. The van der Waals surface area contributed by atoms with Crippen LogP contribution in [0.3, 0.4) is 0 Å². The van der Waals surface area contributed by atoms with Gasteiger partial charge in [-0.1, -0.05) is 192 Å². The van der Waals surface area contributed by atoms with Gasteiger partial charge in [-0.25, -0.2) is 9.13 Å². The van der Waals surface area contributed by atoms with Crippen LogP contribution in [-0.2, 0) is 22.5 Å². The van der Waals surface area contributed by atoms with E-state index in [1.165, 1.54) is 167 Å². The first-order chi connectivity index (χ1) is 24.8. The van der Waals surface area contributed by atoms with Crippen LogP contribution in [0.25, 0.3) is 0 Å². The van der Waals surface area contributed by atoms with Crippen molar-refractivity contribution in [2.24, 2.45) is 0 Å². The number of hydrogen-bond acceptors (Lipinski definition) is 5. The predicted octanol–water partition coefficient (Wildman–Crippen LogP) is 15.7. The maximum Gasteiger partial charge on any atom is 0.481 e. The quantitative estimate of drug-likeness (QED) is 0.0363. The van der Waals surface area contributed by atoms with Crippen LogP contribution in [-0.4, -0.2) is 23.0 Å². The topological polar surface area (TPSA) is 102 Å². The minimum Gasteiger partial charge on any atom is -0.302 e. The molecule has 2 atom stereocenters. The lowest BCUT2D eigenvalue weighted by Gasteiger charge is -2.16. The number of phosphoric acid groups is 2. The van der Waals surface area contributed by atoms with Crippen molar-refractivity contribution < 1.29 is 32.3 Å². The molecule has 7 nitrogen and oxygen atoms in total. The third kappa shape index (κ3) is 42.3. The lowest BCUT2D eigenvalue weighted by atomic mass is 10.1. The van der Waals surface area contributed by atoms with Gasteiger partial charge in [-0.15, -0.1) is 0 Å². The Morgan fingerprint density at radius 2 is 0.569 bits per heavy atom. The van der Waals surface area contributed by atoms with E-state index in [1.807, 2.05) is 0 Å². The van der Waals surface area contributed by atoms with E-state index in [4.69, 9.17) is 9.05 Å².